The first-order valence-corrected chi connectivity index (χ1v) is 4.22. The zero-order valence-corrected chi connectivity index (χ0v) is 8.14. The lowest BCUT2D eigenvalue weighted by molar-refractivity contribution is -0.134. The van der Waals surface area contributed by atoms with Crippen LogP contribution < -0.4 is 0 Å². The van der Waals surface area contributed by atoms with E-state index in [0.29, 0.717) is 11.8 Å². The van der Waals surface area contributed by atoms with Crippen LogP contribution in [-0.2, 0) is 9.53 Å². The standard InChI is InChI=1S/C11H10O4/c1-15-11(14)6-5-8-3-2-4-10(13)9(8)7-12/h2-7,13H,1H3. The van der Waals surface area contributed by atoms with Gasteiger partial charge in [-0.15, -0.1) is 0 Å². The zero-order chi connectivity index (χ0) is 11.3. The van der Waals surface area contributed by atoms with E-state index in [-0.39, 0.29) is 11.3 Å². The Bertz CT molecular complexity index is 407. The van der Waals surface area contributed by atoms with Crippen molar-refractivity contribution in [3.8, 4) is 5.75 Å². The van der Waals surface area contributed by atoms with Crippen LogP contribution in [-0.4, -0.2) is 24.5 Å². The van der Waals surface area contributed by atoms with Crippen molar-refractivity contribution in [1.82, 2.24) is 0 Å². The third kappa shape index (κ3) is 2.67. The molecule has 78 valence electrons. The highest BCUT2D eigenvalue weighted by atomic mass is 16.5. The Balaban J connectivity index is 3.04. The summed E-state index contributed by atoms with van der Waals surface area (Å²) in [6, 6.07) is 4.60. The number of aldehydes is 1. The molecule has 0 spiro atoms. The molecule has 0 heterocycles. The number of carbonyl (C=O) groups is 2. The molecule has 0 aliphatic carbocycles. The summed E-state index contributed by atoms with van der Waals surface area (Å²) in [7, 11) is 1.26. The second kappa shape index (κ2) is 4.95. The maximum absolute atomic E-state index is 10.8. The van der Waals surface area contributed by atoms with Crippen LogP contribution in [0.5, 0.6) is 5.75 Å². The molecule has 0 unspecified atom stereocenters. The summed E-state index contributed by atoms with van der Waals surface area (Å²) in [5.74, 6) is -0.632. The summed E-state index contributed by atoms with van der Waals surface area (Å²) in [4.78, 5) is 21.5. The van der Waals surface area contributed by atoms with Crippen molar-refractivity contribution in [2.24, 2.45) is 0 Å². The van der Waals surface area contributed by atoms with E-state index in [0.717, 1.165) is 0 Å². The van der Waals surface area contributed by atoms with Gasteiger partial charge in [-0.1, -0.05) is 12.1 Å². The van der Waals surface area contributed by atoms with Crippen LogP contribution in [0.3, 0.4) is 0 Å². The number of phenolic OH excluding ortho intramolecular Hbond substituents is 1. The van der Waals surface area contributed by atoms with E-state index in [1.807, 2.05) is 0 Å². The van der Waals surface area contributed by atoms with E-state index in [1.165, 1.54) is 25.3 Å². The van der Waals surface area contributed by atoms with Crippen LogP contribution in [0.2, 0.25) is 0 Å². The van der Waals surface area contributed by atoms with Crippen LogP contribution in [0.15, 0.2) is 24.3 Å². The monoisotopic (exact) mass is 206 g/mol. The summed E-state index contributed by atoms with van der Waals surface area (Å²) in [5, 5.41) is 9.33. The molecule has 0 amide bonds. The summed E-state index contributed by atoms with van der Waals surface area (Å²) < 4.78 is 4.40. The van der Waals surface area contributed by atoms with Gasteiger partial charge in [0.25, 0.3) is 0 Å². The largest absolute Gasteiger partial charge is 0.507 e. The topological polar surface area (TPSA) is 63.6 Å². The molecule has 0 aliphatic heterocycles. The fraction of sp³-hybridized carbons (Fsp3) is 0.0909. The van der Waals surface area contributed by atoms with Gasteiger partial charge in [-0.25, -0.2) is 4.79 Å². The van der Waals surface area contributed by atoms with Gasteiger partial charge >= 0.3 is 5.97 Å². The molecule has 1 N–H and O–H groups in total. The van der Waals surface area contributed by atoms with Crippen LogP contribution in [0.25, 0.3) is 6.08 Å². The second-order valence-corrected chi connectivity index (χ2v) is 2.75. The molecule has 1 rings (SSSR count). The van der Waals surface area contributed by atoms with Gasteiger partial charge in [0.05, 0.1) is 12.7 Å². The SMILES string of the molecule is COC(=O)C=Cc1cccc(O)c1C=O. The Labute approximate surface area is 86.8 Å². The first-order valence-electron chi connectivity index (χ1n) is 4.22. The first kappa shape index (κ1) is 11.0. The molecule has 4 nitrogen and oxygen atoms in total. The number of benzene rings is 1. The minimum atomic E-state index is -0.518. The van der Waals surface area contributed by atoms with Crippen LogP contribution in [0.1, 0.15) is 15.9 Å². The van der Waals surface area contributed by atoms with Gasteiger partial charge in [-0.05, 0) is 17.7 Å². The Morgan fingerprint density at radius 1 is 1.47 bits per heavy atom. The lowest BCUT2D eigenvalue weighted by Crippen LogP contribution is -1.94. The highest BCUT2D eigenvalue weighted by Gasteiger charge is 2.03. The van der Waals surface area contributed by atoms with Gasteiger partial charge in [0, 0.05) is 6.08 Å². The average Bonchev–Trinajstić information content (AvgIpc) is 2.25. The molecule has 0 atom stereocenters. The molecule has 1 aromatic carbocycles. The number of carbonyl (C=O) groups excluding carboxylic acids is 2. The van der Waals surface area contributed by atoms with E-state index >= 15 is 0 Å². The maximum Gasteiger partial charge on any atom is 0.330 e. The minimum absolute atomic E-state index is 0.114. The normalized spacial score (nSPS) is 10.2. The van der Waals surface area contributed by atoms with E-state index in [4.69, 9.17) is 0 Å². The number of hydrogen-bond acceptors (Lipinski definition) is 4. The number of phenols is 1. The van der Waals surface area contributed by atoms with Gasteiger partial charge in [0.2, 0.25) is 0 Å². The first-order chi connectivity index (χ1) is 7.19. The van der Waals surface area contributed by atoms with Gasteiger partial charge in [0.1, 0.15) is 5.75 Å². The van der Waals surface area contributed by atoms with Gasteiger partial charge in [-0.3, -0.25) is 4.79 Å². The molecule has 0 saturated carbocycles. The minimum Gasteiger partial charge on any atom is -0.507 e. The van der Waals surface area contributed by atoms with Crippen molar-refractivity contribution in [2.45, 2.75) is 0 Å². The summed E-state index contributed by atoms with van der Waals surface area (Å²) in [6.07, 6.45) is 3.13. The summed E-state index contributed by atoms with van der Waals surface area (Å²) in [6.45, 7) is 0. The molecular weight excluding hydrogens is 196 g/mol. The molecular formula is C11H10O4. The fourth-order valence-electron chi connectivity index (χ4n) is 1.07. The molecule has 0 bridgehead atoms. The molecule has 4 heteroatoms. The van der Waals surface area contributed by atoms with Crippen molar-refractivity contribution in [1.29, 1.82) is 0 Å². The van der Waals surface area contributed by atoms with E-state index in [9.17, 15) is 14.7 Å². The Hall–Kier alpha value is -2.10. The predicted molar refractivity (Wildman–Crippen MR) is 54.5 cm³/mol. The van der Waals surface area contributed by atoms with Crippen LogP contribution in [0.4, 0.5) is 0 Å². The summed E-state index contributed by atoms with van der Waals surface area (Å²) in [5.41, 5.74) is 0.619. The number of ether oxygens (including phenoxy) is 1. The Morgan fingerprint density at radius 3 is 2.80 bits per heavy atom. The molecule has 1 aromatic rings. The highest BCUT2D eigenvalue weighted by molar-refractivity contribution is 5.91. The van der Waals surface area contributed by atoms with Crippen molar-refractivity contribution < 1.29 is 19.4 Å². The maximum atomic E-state index is 10.8. The number of hydrogen-bond donors (Lipinski definition) is 1. The number of esters is 1. The molecule has 0 aliphatic rings. The third-order valence-electron chi connectivity index (χ3n) is 1.83. The molecule has 0 fully saturated rings. The average molecular weight is 206 g/mol. The second-order valence-electron chi connectivity index (χ2n) is 2.75. The van der Waals surface area contributed by atoms with E-state index in [1.54, 1.807) is 12.1 Å². The molecule has 15 heavy (non-hydrogen) atoms. The number of rotatable bonds is 3. The van der Waals surface area contributed by atoms with Crippen LogP contribution >= 0.6 is 0 Å². The van der Waals surface area contributed by atoms with Gasteiger partial charge in [0.15, 0.2) is 6.29 Å². The van der Waals surface area contributed by atoms with Crippen molar-refractivity contribution in [2.75, 3.05) is 7.11 Å². The smallest absolute Gasteiger partial charge is 0.330 e. The van der Waals surface area contributed by atoms with Crippen molar-refractivity contribution in [3.05, 3.63) is 35.4 Å². The van der Waals surface area contributed by atoms with E-state index < -0.39 is 5.97 Å². The zero-order valence-electron chi connectivity index (χ0n) is 8.14. The van der Waals surface area contributed by atoms with Gasteiger partial charge < -0.3 is 9.84 Å². The lowest BCUT2D eigenvalue weighted by atomic mass is 10.1. The quantitative estimate of drug-likeness (QED) is 0.461. The molecule has 0 radical (unpaired) electrons. The highest BCUT2D eigenvalue weighted by Crippen LogP contribution is 2.19. The lowest BCUT2D eigenvalue weighted by Gasteiger charge is -2.00. The predicted octanol–water partition coefficient (Wildman–Crippen LogP) is 1.39. The molecule has 0 aromatic heterocycles. The fourth-order valence-corrected chi connectivity index (χ4v) is 1.07. The van der Waals surface area contributed by atoms with Crippen molar-refractivity contribution >= 4 is 18.3 Å². The Morgan fingerprint density at radius 2 is 2.20 bits per heavy atom. The van der Waals surface area contributed by atoms with Gasteiger partial charge in [-0.2, -0.15) is 0 Å². The van der Waals surface area contributed by atoms with Crippen LogP contribution in [0, 0.1) is 0 Å². The Kier molecular flexibility index (Phi) is 3.62. The van der Waals surface area contributed by atoms with E-state index in [2.05, 4.69) is 4.74 Å². The number of methoxy groups -OCH3 is 1. The molecule has 0 saturated heterocycles. The number of aromatic hydroxyl groups is 1. The summed E-state index contributed by atoms with van der Waals surface area (Å²) >= 11 is 0. The van der Waals surface area contributed by atoms with Crippen molar-refractivity contribution in [3.63, 3.8) is 0 Å². The third-order valence-corrected chi connectivity index (χ3v) is 1.83.